The molecule has 1 aliphatic rings. The number of anilines is 1. The number of aromatic nitrogens is 2. The first kappa shape index (κ1) is 21.1. The number of rotatable bonds is 9. The lowest BCUT2D eigenvalue weighted by molar-refractivity contribution is 0.260. The van der Waals surface area contributed by atoms with Crippen molar-refractivity contribution in [2.24, 2.45) is 10.1 Å². The van der Waals surface area contributed by atoms with Crippen molar-refractivity contribution in [2.45, 2.75) is 26.3 Å². The van der Waals surface area contributed by atoms with Gasteiger partial charge in [0.15, 0.2) is 0 Å². The third-order valence-corrected chi connectivity index (χ3v) is 3.93. The summed E-state index contributed by atoms with van der Waals surface area (Å²) in [5.41, 5.74) is 8.54. The molecule has 1 aromatic rings. The minimum absolute atomic E-state index is 0.534. The number of hydrogen-bond acceptors (Lipinski definition) is 9. The van der Waals surface area contributed by atoms with E-state index < -0.39 is 0 Å². The van der Waals surface area contributed by atoms with Crippen LogP contribution >= 0.6 is 0 Å². The van der Waals surface area contributed by atoms with E-state index in [1.165, 1.54) is 0 Å². The maximum Gasteiger partial charge on any atom is 0.146 e. The average molecular weight is 384 g/mol. The molecule has 0 saturated heterocycles. The van der Waals surface area contributed by atoms with E-state index in [-0.39, 0.29) is 0 Å². The molecule has 2 heterocycles. The molecule has 0 bridgehead atoms. The molecule has 0 radical (unpaired) electrons. The Hall–Kier alpha value is -3.20. The van der Waals surface area contributed by atoms with Gasteiger partial charge in [0.1, 0.15) is 17.5 Å². The summed E-state index contributed by atoms with van der Waals surface area (Å²) < 4.78 is 0. The van der Waals surface area contributed by atoms with Crippen LogP contribution in [-0.2, 0) is 6.54 Å². The zero-order valence-electron chi connectivity index (χ0n) is 17.0. The lowest BCUT2D eigenvalue weighted by Crippen LogP contribution is -2.31. The van der Waals surface area contributed by atoms with E-state index in [0.717, 1.165) is 35.8 Å². The van der Waals surface area contributed by atoms with Crippen LogP contribution in [-0.4, -0.2) is 47.7 Å². The number of nitrogens with one attached hydrogen (secondary N) is 4. The number of hydrogen-bond donors (Lipinski definition) is 4. The first-order chi connectivity index (χ1) is 13.5. The van der Waals surface area contributed by atoms with Gasteiger partial charge in [-0.25, -0.2) is 20.0 Å². The van der Waals surface area contributed by atoms with Crippen molar-refractivity contribution in [3.63, 3.8) is 0 Å². The van der Waals surface area contributed by atoms with Crippen LogP contribution in [0.15, 0.2) is 58.7 Å². The summed E-state index contributed by atoms with van der Waals surface area (Å²) in [7, 11) is 5.62. The van der Waals surface area contributed by atoms with Gasteiger partial charge in [-0.05, 0) is 25.6 Å². The van der Waals surface area contributed by atoms with Gasteiger partial charge < -0.3 is 16.1 Å². The van der Waals surface area contributed by atoms with E-state index in [0.29, 0.717) is 18.1 Å². The summed E-state index contributed by atoms with van der Waals surface area (Å²) >= 11 is 0. The van der Waals surface area contributed by atoms with Crippen molar-refractivity contribution in [1.82, 2.24) is 31.1 Å². The molecule has 0 amide bonds. The Morgan fingerprint density at radius 3 is 2.89 bits per heavy atom. The van der Waals surface area contributed by atoms with Crippen LogP contribution in [0.4, 0.5) is 5.82 Å². The Morgan fingerprint density at radius 2 is 2.14 bits per heavy atom. The Morgan fingerprint density at radius 1 is 1.32 bits per heavy atom. The summed E-state index contributed by atoms with van der Waals surface area (Å²) in [5.74, 6) is 2.29. The minimum atomic E-state index is 0.534. The van der Waals surface area contributed by atoms with Crippen LogP contribution < -0.4 is 21.5 Å². The topological polar surface area (TPSA) is 102 Å². The molecule has 0 aromatic carbocycles. The largest absolute Gasteiger partial charge is 0.394 e. The monoisotopic (exact) mass is 383 g/mol. The molecule has 4 N–H and O–H groups in total. The van der Waals surface area contributed by atoms with Crippen molar-refractivity contribution >= 4 is 17.4 Å². The Labute approximate surface area is 166 Å². The predicted molar refractivity (Wildman–Crippen MR) is 115 cm³/mol. The predicted octanol–water partition coefficient (Wildman–Crippen LogP) is 1.74. The third kappa shape index (κ3) is 6.51. The van der Waals surface area contributed by atoms with Gasteiger partial charge in [0.2, 0.25) is 0 Å². The van der Waals surface area contributed by atoms with Crippen LogP contribution in [0.2, 0.25) is 0 Å². The van der Waals surface area contributed by atoms with Gasteiger partial charge in [0.25, 0.3) is 0 Å². The molecule has 0 saturated carbocycles. The Kier molecular flexibility index (Phi) is 8.16. The molecule has 0 aliphatic carbocycles. The second-order valence-electron chi connectivity index (χ2n) is 6.20. The third-order valence-electron chi connectivity index (χ3n) is 3.93. The van der Waals surface area contributed by atoms with Gasteiger partial charge in [0.05, 0.1) is 18.0 Å². The first-order valence-corrected chi connectivity index (χ1v) is 9.10. The van der Waals surface area contributed by atoms with Gasteiger partial charge in [0, 0.05) is 45.5 Å². The molecule has 28 heavy (non-hydrogen) atoms. The highest BCUT2D eigenvalue weighted by Crippen LogP contribution is 2.15. The number of hydrazone groups is 1. The van der Waals surface area contributed by atoms with Gasteiger partial charge in [-0.1, -0.05) is 12.7 Å². The maximum absolute atomic E-state index is 4.57. The van der Waals surface area contributed by atoms with E-state index in [4.69, 9.17) is 0 Å². The van der Waals surface area contributed by atoms with E-state index >= 15 is 0 Å². The van der Waals surface area contributed by atoms with E-state index in [2.05, 4.69) is 48.1 Å². The number of aliphatic imine (C=N–C) groups is 1. The van der Waals surface area contributed by atoms with E-state index in [1.54, 1.807) is 6.20 Å². The molecule has 2 rings (SSSR count). The van der Waals surface area contributed by atoms with Gasteiger partial charge in [-0.3, -0.25) is 5.43 Å². The van der Waals surface area contributed by atoms with Gasteiger partial charge >= 0.3 is 0 Å². The first-order valence-electron chi connectivity index (χ1n) is 9.10. The molecule has 9 nitrogen and oxygen atoms in total. The average Bonchev–Trinajstić information content (AvgIpc) is 2.82. The molecular weight excluding hydrogens is 354 g/mol. The second-order valence-corrected chi connectivity index (χ2v) is 6.20. The fourth-order valence-electron chi connectivity index (χ4n) is 2.43. The summed E-state index contributed by atoms with van der Waals surface area (Å²) in [6.45, 7) is 6.54. The number of nitrogens with zero attached hydrogens (tertiary/aromatic N) is 5. The summed E-state index contributed by atoms with van der Waals surface area (Å²) in [4.78, 5) is 13.3. The smallest absolute Gasteiger partial charge is 0.146 e. The SMILES string of the molecule is C=C1N=C(CC/C=C\NC)NN=C(C)C1=CNN(C)Cc1nccc(NC)n1. The standard InChI is InChI=1S/C19H29N9/c1-14-16(15(2)26-27-18(24-14)8-6-7-10-20-3)12-23-28(5)13-19-22-11-9-17(21-4)25-19/h7,9-12,20,23H,1,6,8,13H2,2-5H3,(H,24,27)(H,21,22,25)/b10-7-,16-12?. The van der Waals surface area contributed by atoms with Gasteiger partial charge in [-0.15, -0.1) is 0 Å². The van der Waals surface area contributed by atoms with E-state index in [9.17, 15) is 0 Å². The van der Waals surface area contributed by atoms with Crippen molar-refractivity contribution < 1.29 is 0 Å². The number of hydrazine groups is 1. The maximum atomic E-state index is 4.57. The Balaban J connectivity index is 2.00. The van der Waals surface area contributed by atoms with Crippen molar-refractivity contribution in [2.75, 3.05) is 26.5 Å². The van der Waals surface area contributed by atoms with Crippen molar-refractivity contribution in [1.29, 1.82) is 0 Å². The zero-order chi connectivity index (χ0) is 20.4. The van der Waals surface area contributed by atoms with E-state index in [1.807, 2.05) is 57.6 Å². The van der Waals surface area contributed by atoms with Crippen LogP contribution in [0.1, 0.15) is 25.6 Å². The molecule has 9 heteroatoms. The van der Waals surface area contributed by atoms with Crippen molar-refractivity contribution in [3.05, 3.63) is 54.4 Å². The van der Waals surface area contributed by atoms with Crippen LogP contribution in [0, 0.1) is 0 Å². The van der Waals surface area contributed by atoms with Crippen molar-refractivity contribution in [3.8, 4) is 0 Å². The normalized spacial score (nSPS) is 15.9. The fraction of sp³-hybridized carbons (Fsp3) is 0.368. The highest BCUT2D eigenvalue weighted by atomic mass is 15.5. The lowest BCUT2D eigenvalue weighted by atomic mass is 10.1. The van der Waals surface area contributed by atoms with Crippen LogP contribution in [0.25, 0.3) is 0 Å². The zero-order valence-corrected chi connectivity index (χ0v) is 17.0. The molecular formula is C19H29N9. The van der Waals surface area contributed by atoms with Gasteiger partial charge in [-0.2, -0.15) is 5.10 Å². The second kappa shape index (κ2) is 10.8. The highest BCUT2D eigenvalue weighted by Gasteiger charge is 2.13. The fourth-order valence-corrected chi connectivity index (χ4v) is 2.43. The quantitative estimate of drug-likeness (QED) is 0.482. The molecule has 0 spiro atoms. The highest BCUT2D eigenvalue weighted by molar-refractivity contribution is 6.04. The Bertz CT molecular complexity index is 792. The molecule has 0 atom stereocenters. The number of amidine groups is 1. The van der Waals surface area contributed by atoms with Crippen LogP contribution in [0.5, 0.6) is 0 Å². The summed E-state index contributed by atoms with van der Waals surface area (Å²) in [5, 5.41) is 12.3. The summed E-state index contributed by atoms with van der Waals surface area (Å²) in [6.07, 6.45) is 9.15. The minimum Gasteiger partial charge on any atom is -0.394 e. The molecule has 1 aliphatic heterocycles. The molecule has 1 aromatic heterocycles. The van der Waals surface area contributed by atoms with Crippen LogP contribution in [0.3, 0.4) is 0 Å². The molecule has 150 valence electrons. The lowest BCUT2D eigenvalue weighted by Gasteiger charge is -2.17. The molecule has 0 unspecified atom stereocenters. The number of allylic oxidation sites excluding steroid dienone is 2. The summed E-state index contributed by atoms with van der Waals surface area (Å²) in [6, 6.07) is 1.82. The molecule has 0 fully saturated rings.